The van der Waals surface area contributed by atoms with Gasteiger partial charge in [0.25, 0.3) is 5.91 Å². The van der Waals surface area contributed by atoms with Crippen molar-refractivity contribution < 1.29 is 9.90 Å². The Bertz CT molecular complexity index is 1040. The average Bonchev–Trinajstić information content (AvgIpc) is 2.86. The van der Waals surface area contributed by atoms with Crippen LogP contribution in [-0.2, 0) is 7.05 Å². The van der Waals surface area contributed by atoms with Crippen LogP contribution < -0.4 is 11.5 Å². The summed E-state index contributed by atoms with van der Waals surface area (Å²) in [7, 11) is 1.67. The Morgan fingerprint density at radius 3 is 2.75 bits per heavy atom. The van der Waals surface area contributed by atoms with E-state index in [9.17, 15) is 15.2 Å². The third-order valence-electron chi connectivity index (χ3n) is 4.13. The van der Waals surface area contributed by atoms with Gasteiger partial charge < -0.3 is 16.6 Å². The van der Waals surface area contributed by atoms with Crippen molar-refractivity contribution in [3.8, 4) is 22.9 Å². The molecule has 5 N–H and O–H groups in total. The average molecular weight is 321 g/mol. The lowest BCUT2D eigenvalue weighted by atomic mass is 9.92. The van der Waals surface area contributed by atoms with Gasteiger partial charge in [0, 0.05) is 18.0 Å². The number of benzene rings is 2. The molecule has 0 atom stereocenters. The number of aromatic nitrogens is 2. The number of phenols is 1. The fraction of sp³-hybridized carbons (Fsp3) is 0.118. The molecule has 0 fully saturated rings. The highest BCUT2D eigenvalue weighted by Gasteiger charge is 2.23. The zero-order valence-electron chi connectivity index (χ0n) is 13.2. The van der Waals surface area contributed by atoms with Crippen LogP contribution in [0.4, 0.5) is 5.69 Å². The minimum Gasteiger partial charge on any atom is -0.508 e. The van der Waals surface area contributed by atoms with Crippen LogP contribution in [0.15, 0.2) is 24.3 Å². The maximum absolute atomic E-state index is 11.8. The van der Waals surface area contributed by atoms with E-state index in [0.29, 0.717) is 27.6 Å². The van der Waals surface area contributed by atoms with Crippen LogP contribution in [0, 0.1) is 18.3 Å². The Hall–Kier alpha value is -3.53. The Labute approximate surface area is 137 Å². The summed E-state index contributed by atoms with van der Waals surface area (Å²) in [5, 5.41) is 24.1. The second-order valence-corrected chi connectivity index (χ2v) is 5.50. The van der Waals surface area contributed by atoms with Crippen LogP contribution in [-0.4, -0.2) is 20.8 Å². The summed E-state index contributed by atoms with van der Waals surface area (Å²) in [4.78, 5) is 11.8. The zero-order chi connectivity index (χ0) is 17.6. The summed E-state index contributed by atoms with van der Waals surface area (Å²) in [5.41, 5.74) is 14.4. The van der Waals surface area contributed by atoms with Gasteiger partial charge in [-0.3, -0.25) is 9.48 Å². The number of carbonyl (C=O) groups is 1. The van der Waals surface area contributed by atoms with E-state index in [2.05, 4.69) is 5.10 Å². The van der Waals surface area contributed by atoms with E-state index < -0.39 is 5.91 Å². The zero-order valence-corrected chi connectivity index (χ0v) is 13.2. The smallest absolute Gasteiger partial charge is 0.250 e. The lowest BCUT2D eigenvalue weighted by molar-refractivity contribution is 0.100. The Morgan fingerprint density at radius 1 is 1.42 bits per heavy atom. The highest BCUT2D eigenvalue weighted by Crippen LogP contribution is 2.41. The third-order valence-corrected chi connectivity index (χ3v) is 4.13. The van der Waals surface area contributed by atoms with E-state index in [-0.39, 0.29) is 22.7 Å². The van der Waals surface area contributed by atoms with Crippen molar-refractivity contribution in [2.75, 3.05) is 5.73 Å². The molecule has 1 aromatic heterocycles. The Balaban J connectivity index is 2.58. The molecule has 3 aromatic rings. The molecular formula is C17H15N5O2. The van der Waals surface area contributed by atoms with Crippen molar-refractivity contribution in [1.82, 2.24) is 9.78 Å². The van der Waals surface area contributed by atoms with Gasteiger partial charge in [-0.25, -0.2) is 0 Å². The van der Waals surface area contributed by atoms with Gasteiger partial charge in [0.15, 0.2) is 5.69 Å². The molecule has 0 aliphatic carbocycles. The molecule has 0 aliphatic rings. The van der Waals surface area contributed by atoms with Gasteiger partial charge in [0.2, 0.25) is 0 Å². The maximum atomic E-state index is 11.8. The summed E-state index contributed by atoms with van der Waals surface area (Å²) in [6, 6.07) is 8.56. The van der Waals surface area contributed by atoms with Crippen molar-refractivity contribution in [2.45, 2.75) is 6.92 Å². The van der Waals surface area contributed by atoms with Gasteiger partial charge in [-0.05, 0) is 30.2 Å². The molecule has 0 saturated carbocycles. The molecule has 2 aromatic carbocycles. The van der Waals surface area contributed by atoms with E-state index in [1.54, 1.807) is 32.2 Å². The molecule has 24 heavy (non-hydrogen) atoms. The van der Waals surface area contributed by atoms with Crippen LogP contribution in [0.5, 0.6) is 5.75 Å². The van der Waals surface area contributed by atoms with E-state index in [0.717, 1.165) is 0 Å². The second-order valence-electron chi connectivity index (χ2n) is 5.50. The van der Waals surface area contributed by atoms with Gasteiger partial charge in [0.1, 0.15) is 11.8 Å². The number of aryl methyl sites for hydroxylation is 1. The summed E-state index contributed by atoms with van der Waals surface area (Å²) < 4.78 is 1.50. The van der Waals surface area contributed by atoms with Crippen LogP contribution in [0.2, 0.25) is 0 Å². The third kappa shape index (κ3) is 2.05. The minimum absolute atomic E-state index is 0.0897. The first kappa shape index (κ1) is 15.4. The number of nitrogens with two attached hydrogens (primary N) is 2. The lowest BCUT2D eigenvalue weighted by Crippen LogP contribution is -2.14. The second kappa shape index (κ2) is 5.28. The van der Waals surface area contributed by atoms with Gasteiger partial charge in [0.05, 0.1) is 16.8 Å². The monoisotopic (exact) mass is 321 g/mol. The highest BCUT2D eigenvalue weighted by atomic mass is 16.3. The molecule has 1 heterocycles. The molecule has 7 heteroatoms. The standard InChI is InChI=1S/C17H15N5O2/c1-8-9(4-3-5-13(8)23)14-15-11(7-18)21-22(2)12(15)6-10(16(14)19)17(20)24/h3-6,23H,19H2,1-2H3,(H2,20,24). The minimum atomic E-state index is -0.673. The first-order chi connectivity index (χ1) is 11.4. The van der Waals surface area contributed by atoms with E-state index in [4.69, 9.17) is 11.5 Å². The molecule has 0 radical (unpaired) electrons. The number of carbonyl (C=O) groups excluding carboxylic acids is 1. The number of phenolic OH excluding ortho intramolecular Hbond substituents is 1. The van der Waals surface area contributed by atoms with Crippen LogP contribution in [0.3, 0.4) is 0 Å². The van der Waals surface area contributed by atoms with Crippen LogP contribution in [0.1, 0.15) is 21.6 Å². The number of anilines is 1. The van der Waals surface area contributed by atoms with E-state index >= 15 is 0 Å². The first-order valence-electron chi connectivity index (χ1n) is 7.14. The summed E-state index contributed by atoms with van der Waals surface area (Å²) in [6.45, 7) is 1.73. The fourth-order valence-corrected chi connectivity index (χ4v) is 2.89. The molecule has 0 saturated heterocycles. The van der Waals surface area contributed by atoms with E-state index in [1.807, 2.05) is 6.07 Å². The van der Waals surface area contributed by atoms with Gasteiger partial charge in [-0.1, -0.05) is 12.1 Å². The molecule has 0 unspecified atom stereocenters. The largest absolute Gasteiger partial charge is 0.508 e. The Morgan fingerprint density at radius 2 is 2.12 bits per heavy atom. The number of rotatable bonds is 2. The molecule has 3 rings (SSSR count). The van der Waals surface area contributed by atoms with Crippen molar-refractivity contribution in [1.29, 1.82) is 5.26 Å². The van der Waals surface area contributed by atoms with Gasteiger partial charge >= 0.3 is 0 Å². The lowest BCUT2D eigenvalue weighted by Gasteiger charge is -2.14. The number of primary amides is 1. The predicted octanol–water partition coefficient (Wildman–Crippen LogP) is 1.81. The van der Waals surface area contributed by atoms with E-state index in [1.165, 1.54) is 10.7 Å². The molecule has 0 aliphatic heterocycles. The maximum Gasteiger partial charge on any atom is 0.250 e. The molecule has 120 valence electrons. The first-order valence-corrected chi connectivity index (χ1v) is 7.14. The van der Waals surface area contributed by atoms with Gasteiger partial charge in [-0.2, -0.15) is 10.4 Å². The summed E-state index contributed by atoms with van der Waals surface area (Å²) in [5.74, 6) is -0.583. The number of amides is 1. The number of hydrogen-bond acceptors (Lipinski definition) is 5. The number of nitrogen functional groups attached to an aromatic ring is 1. The number of aromatic hydroxyl groups is 1. The normalized spacial score (nSPS) is 10.7. The number of nitrogens with zero attached hydrogens (tertiary/aromatic N) is 3. The van der Waals surface area contributed by atoms with Crippen molar-refractivity contribution in [3.05, 3.63) is 41.1 Å². The molecule has 0 bridgehead atoms. The van der Waals surface area contributed by atoms with Crippen molar-refractivity contribution in [2.24, 2.45) is 12.8 Å². The topological polar surface area (TPSA) is 131 Å². The Kier molecular flexibility index (Phi) is 3.38. The highest BCUT2D eigenvalue weighted by molar-refractivity contribution is 6.12. The SMILES string of the molecule is Cc1c(O)cccc1-c1c(N)c(C(N)=O)cc2c1c(C#N)nn2C. The van der Waals surface area contributed by atoms with Gasteiger partial charge in [-0.15, -0.1) is 0 Å². The van der Waals surface area contributed by atoms with Crippen LogP contribution >= 0.6 is 0 Å². The number of nitriles is 1. The number of fused-ring (bicyclic) bond motifs is 1. The number of hydrogen-bond donors (Lipinski definition) is 3. The van der Waals surface area contributed by atoms with Crippen molar-refractivity contribution >= 4 is 22.5 Å². The summed E-state index contributed by atoms with van der Waals surface area (Å²) >= 11 is 0. The fourth-order valence-electron chi connectivity index (χ4n) is 2.89. The molecule has 1 amide bonds. The summed E-state index contributed by atoms with van der Waals surface area (Å²) in [6.07, 6.45) is 0. The molecule has 0 spiro atoms. The molecular weight excluding hydrogens is 306 g/mol. The van der Waals surface area contributed by atoms with Crippen molar-refractivity contribution in [3.63, 3.8) is 0 Å². The predicted molar refractivity (Wildman–Crippen MR) is 90.2 cm³/mol. The quantitative estimate of drug-likeness (QED) is 0.619. The molecule has 7 nitrogen and oxygen atoms in total. The van der Waals surface area contributed by atoms with Crippen LogP contribution in [0.25, 0.3) is 22.0 Å².